The predicted octanol–water partition coefficient (Wildman–Crippen LogP) is 6.24. The van der Waals surface area contributed by atoms with Gasteiger partial charge in [0.1, 0.15) is 22.9 Å². The van der Waals surface area contributed by atoms with E-state index in [-0.39, 0.29) is 47.0 Å². The molecule has 4 amide bonds. The first kappa shape index (κ1) is 36.9. The summed E-state index contributed by atoms with van der Waals surface area (Å²) in [6.45, 7) is 6.72. The summed E-state index contributed by atoms with van der Waals surface area (Å²) in [5.74, 6) is -0.276. The first-order valence-corrected chi connectivity index (χ1v) is 18.7. The van der Waals surface area contributed by atoms with E-state index in [9.17, 15) is 28.0 Å². The van der Waals surface area contributed by atoms with Crippen molar-refractivity contribution < 1.29 is 32.7 Å². The van der Waals surface area contributed by atoms with Crippen LogP contribution in [-0.4, -0.2) is 75.2 Å². The van der Waals surface area contributed by atoms with Gasteiger partial charge in [-0.1, -0.05) is 18.2 Å². The Labute approximate surface area is 312 Å². The summed E-state index contributed by atoms with van der Waals surface area (Å²) in [5.41, 5.74) is 3.31. The van der Waals surface area contributed by atoms with Crippen LogP contribution in [-0.2, 0) is 14.4 Å². The standard InChI is InChI=1S/C40H45F2N7O5/c1-24(2)54-33-21-35-44-32(23-49(35)22-30(33)40(53)45-34-5-3-4-31(43-34)38(41)42)27-14-18-48(19-15-27)37(51)20-25-12-16-47(17-13-25)28-8-6-26(7-9-28)29-10-11-36(50)46-39(29)52/h3-9,21-25,27,29,38H,10-20H2,1-2H3,(H,43,45,53)(H,46,50,52). The van der Waals surface area contributed by atoms with Crippen LogP contribution in [0.3, 0.4) is 0 Å². The molecule has 6 heterocycles. The minimum atomic E-state index is -2.76. The molecule has 0 spiro atoms. The van der Waals surface area contributed by atoms with Crippen molar-refractivity contribution in [3.05, 3.63) is 83.4 Å². The smallest absolute Gasteiger partial charge is 0.280 e. The van der Waals surface area contributed by atoms with Gasteiger partial charge in [-0.05, 0) is 81.7 Å². The average molecular weight is 742 g/mol. The zero-order valence-electron chi connectivity index (χ0n) is 30.5. The molecule has 12 nitrogen and oxygen atoms in total. The molecule has 1 unspecified atom stereocenters. The summed E-state index contributed by atoms with van der Waals surface area (Å²) >= 11 is 0. The third-order valence-corrected chi connectivity index (χ3v) is 10.7. The first-order valence-electron chi connectivity index (χ1n) is 18.7. The number of rotatable bonds is 10. The van der Waals surface area contributed by atoms with Gasteiger partial charge in [-0.2, -0.15) is 0 Å². The van der Waals surface area contributed by atoms with Crippen molar-refractivity contribution in [2.45, 2.75) is 83.2 Å². The number of amides is 4. The van der Waals surface area contributed by atoms with Gasteiger partial charge in [-0.15, -0.1) is 0 Å². The van der Waals surface area contributed by atoms with E-state index >= 15 is 0 Å². The number of fused-ring (bicyclic) bond motifs is 1. The number of benzene rings is 1. The second-order valence-electron chi connectivity index (χ2n) is 14.7. The van der Waals surface area contributed by atoms with E-state index in [1.54, 1.807) is 16.7 Å². The number of carbonyl (C=O) groups is 4. The number of anilines is 2. The van der Waals surface area contributed by atoms with Crippen LogP contribution in [0.5, 0.6) is 5.75 Å². The highest BCUT2D eigenvalue weighted by Crippen LogP contribution is 2.33. The molecular formula is C40H45F2N7O5. The van der Waals surface area contributed by atoms with Gasteiger partial charge in [0.25, 0.3) is 12.3 Å². The lowest BCUT2D eigenvalue weighted by Gasteiger charge is -2.36. The molecule has 3 aliphatic heterocycles. The molecule has 1 aromatic carbocycles. The lowest BCUT2D eigenvalue weighted by Crippen LogP contribution is -2.40. The number of pyridine rings is 2. The molecule has 3 aromatic heterocycles. The molecule has 4 aromatic rings. The zero-order valence-corrected chi connectivity index (χ0v) is 30.5. The van der Waals surface area contributed by atoms with Crippen molar-refractivity contribution in [1.29, 1.82) is 0 Å². The number of hydrogen-bond acceptors (Lipinski definition) is 8. The van der Waals surface area contributed by atoms with Crippen molar-refractivity contribution in [3.63, 3.8) is 0 Å². The Bertz CT molecular complexity index is 2020. The van der Waals surface area contributed by atoms with Crippen molar-refractivity contribution in [1.82, 2.24) is 24.6 Å². The average Bonchev–Trinajstić information content (AvgIpc) is 3.58. The quantitative estimate of drug-likeness (QED) is 0.182. The monoisotopic (exact) mass is 741 g/mol. The number of imidazole rings is 1. The molecule has 0 bridgehead atoms. The summed E-state index contributed by atoms with van der Waals surface area (Å²) in [5, 5.41) is 5.04. The Morgan fingerprint density at radius 1 is 0.944 bits per heavy atom. The highest BCUT2D eigenvalue weighted by Gasteiger charge is 2.30. The third kappa shape index (κ3) is 8.37. The number of nitrogens with zero attached hydrogens (tertiary/aromatic N) is 5. The highest BCUT2D eigenvalue weighted by atomic mass is 19.3. The van der Waals surface area contributed by atoms with Crippen LogP contribution in [0.4, 0.5) is 20.3 Å². The van der Waals surface area contributed by atoms with Crippen LogP contribution in [0, 0.1) is 5.92 Å². The molecular weight excluding hydrogens is 696 g/mol. The molecule has 0 radical (unpaired) electrons. The fourth-order valence-electron chi connectivity index (χ4n) is 7.71. The maximum absolute atomic E-state index is 13.4. The largest absolute Gasteiger partial charge is 0.490 e. The van der Waals surface area contributed by atoms with E-state index < -0.39 is 18.0 Å². The fraction of sp³-hybridized carbons (Fsp3) is 0.450. The van der Waals surface area contributed by atoms with Gasteiger partial charge >= 0.3 is 0 Å². The number of piperidine rings is 3. The van der Waals surface area contributed by atoms with Gasteiger partial charge in [0, 0.05) is 69.1 Å². The van der Waals surface area contributed by atoms with Crippen LogP contribution in [0.25, 0.3) is 5.65 Å². The highest BCUT2D eigenvalue weighted by molar-refractivity contribution is 6.06. The van der Waals surface area contributed by atoms with Gasteiger partial charge in [0.15, 0.2) is 0 Å². The van der Waals surface area contributed by atoms with E-state index in [1.807, 2.05) is 49.2 Å². The molecule has 0 aliphatic carbocycles. The topological polar surface area (TPSA) is 138 Å². The summed E-state index contributed by atoms with van der Waals surface area (Å²) in [6, 6.07) is 13.8. The Morgan fingerprint density at radius 2 is 1.69 bits per heavy atom. The minimum absolute atomic E-state index is 0.0159. The number of carbonyl (C=O) groups excluding carboxylic acids is 4. The molecule has 2 N–H and O–H groups in total. The van der Waals surface area contributed by atoms with Crippen LogP contribution in [0.2, 0.25) is 0 Å². The van der Waals surface area contributed by atoms with Crippen LogP contribution >= 0.6 is 0 Å². The first-order chi connectivity index (χ1) is 26.0. The van der Waals surface area contributed by atoms with Crippen LogP contribution in [0.1, 0.15) is 104 Å². The minimum Gasteiger partial charge on any atom is -0.490 e. The molecule has 3 aliphatic rings. The maximum atomic E-state index is 13.4. The number of halogens is 2. The molecule has 14 heteroatoms. The Kier molecular flexibility index (Phi) is 10.9. The van der Waals surface area contributed by atoms with E-state index in [0.29, 0.717) is 49.7 Å². The number of nitrogens with one attached hydrogen (secondary N) is 2. The molecule has 284 valence electrons. The molecule has 7 rings (SSSR count). The van der Waals surface area contributed by atoms with Gasteiger partial charge < -0.3 is 24.3 Å². The normalized spacial score (nSPS) is 18.7. The summed E-state index contributed by atoms with van der Waals surface area (Å²) < 4.78 is 34.1. The van der Waals surface area contributed by atoms with Crippen molar-refractivity contribution in [2.24, 2.45) is 5.92 Å². The van der Waals surface area contributed by atoms with Crippen LogP contribution in [0.15, 0.2) is 60.9 Å². The van der Waals surface area contributed by atoms with Crippen molar-refractivity contribution >= 4 is 40.8 Å². The van der Waals surface area contributed by atoms with Crippen LogP contribution < -0.4 is 20.3 Å². The van der Waals surface area contributed by atoms with E-state index in [2.05, 4.69) is 20.5 Å². The van der Waals surface area contributed by atoms with E-state index in [1.165, 1.54) is 18.2 Å². The van der Waals surface area contributed by atoms with Crippen molar-refractivity contribution in [2.75, 3.05) is 36.4 Å². The Hall–Kier alpha value is -5.40. The van der Waals surface area contributed by atoms with Gasteiger partial charge in [-0.25, -0.2) is 18.7 Å². The fourth-order valence-corrected chi connectivity index (χ4v) is 7.71. The molecule has 54 heavy (non-hydrogen) atoms. The summed E-state index contributed by atoms with van der Waals surface area (Å²) in [4.78, 5) is 63.5. The Morgan fingerprint density at radius 3 is 2.37 bits per heavy atom. The molecule has 0 saturated carbocycles. The number of ether oxygens (including phenoxy) is 1. The van der Waals surface area contributed by atoms with Gasteiger partial charge in [0.2, 0.25) is 17.7 Å². The Balaban J connectivity index is 0.919. The third-order valence-electron chi connectivity index (χ3n) is 10.7. The predicted molar refractivity (Wildman–Crippen MR) is 198 cm³/mol. The lowest BCUT2D eigenvalue weighted by atomic mass is 9.89. The van der Waals surface area contributed by atoms with E-state index in [4.69, 9.17) is 9.72 Å². The number of hydrogen-bond donors (Lipinski definition) is 2. The van der Waals surface area contributed by atoms with Gasteiger partial charge in [0.05, 0.1) is 23.3 Å². The SMILES string of the molecule is CC(C)Oc1cc2nc(C3CCN(C(=O)CC4CCN(c5ccc(C6CCC(=O)NC6=O)cc5)CC4)CC3)cn2cc1C(=O)Nc1cccc(C(F)F)n1. The number of alkyl halides is 2. The van der Waals surface area contributed by atoms with E-state index in [0.717, 1.165) is 55.7 Å². The molecule has 1 atom stereocenters. The molecule has 3 saturated heterocycles. The lowest BCUT2D eigenvalue weighted by molar-refractivity contribution is -0.135. The second kappa shape index (κ2) is 15.9. The van der Waals surface area contributed by atoms with Gasteiger partial charge in [-0.3, -0.25) is 24.5 Å². The maximum Gasteiger partial charge on any atom is 0.280 e. The summed E-state index contributed by atoms with van der Waals surface area (Å²) in [6.07, 6.45) is 5.39. The number of aromatic nitrogens is 3. The summed E-state index contributed by atoms with van der Waals surface area (Å²) in [7, 11) is 0. The van der Waals surface area contributed by atoms with Crippen molar-refractivity contribution in [3.8, 4) is 5.75 Å². The second-order valence-corrected chi connectivity index (χ2v) is 14.7. The zero-order chi connectivity index (χ0) is 37.9. The molecule has 3 fully saturated rings. The number of likely N-dealkylation sites (tertiary alicyclic amines) is 1. The number of imide groups is 1.